The third kappa shape index (κ3) is 5.22. The lowest BCUT2D eigenvalue weighted by Gasteiger charge is -2.36. The molecule has 35 heavy (non-hydrogen) atoms. The number of aromatic nitrogens is 3. The van der Waals surface area contributed by atoms with Crippen LogP contribution in [-0.2, 0) is 17.7 Å². The number of morpholine rings is 1. The number of carbonyl (C=O) groups is 1. The van der Waals surface area contributed by atoms with Crippen molar-refractivity contribution in [1.29, 1.82) is 0 Å². The second kappa shape index (κ2) is 9.53. The van der Waals surface area contributed by atoms with E-state index in [4.69, 9.17) is 4.74 Å². The summed E-state index contributed by atoms with van der Waals surface area (Å²) in [6.45, 7) is 6.39. The van der Waals surface area contributed by atoms with Crippen LogP contribution < -0.4 is 15.8 Å². The summed E-state index contributed by atoms with van der Waals surface area (Å²) in [4.78, 5) is 35.7. The minimum Gasteiger partial charge on any atom is -0.377 e. The minimum absolute atomic E-state index is 0.0517. The highest BCUT2D eigenvalue weighted by Gasteiger charge is 2.27. The van der Waals surface area contributed by atoms with Gasteiger partial charge in [0.25, 0.3) is 17.4 Å². The number of anilines is 2. The third-order valence-electron chi connectivity index (χ3n) is 6.03. The van der Waals surface area contributed by atoms with Gasteiger partial charge in [0.2, 0.25) is 0 Å². The van der Waals surface area contributed by atoms with Gasteiger partial charge >= 0.3 is 0 Å². The molecule has 1 aliphatic heterocycles. The maximum atomic E-state index is 13.6. The lowest BCUT2D eigenvalue weighted by molar-refractivity contribution is 0.0127. The van der Waals surface area contributed by atoms with Gasteiger partial charge in [-0.3, -0.25) is 24.1 Å². The number of nitrogens with one attached hydrogen (secondary N) is 1. The number of aryl methyl sites for hydroxylation is 1. The largest absolute Gasteiger partial charge is 0.377 e. The molecule has 8 nitrogen and oxygen atoms in total. The van der Waals surface area contributed by atoms with Crippen LogP contribution in [0.2, 0.25) is 0 Å². The Kier molecular flexibility index (Phi) is 6.66. The topological polar surface area (TPSA) is 89.3 Å². The van der Waals surface area contributed by atoms with Gasteiger partial charge in [0.1, 0.15) is 11.5 Å². The van der Waals surface area contributed by atoms with Crippen molar-refractivity contribution in [3.63, 3.8) is 0 Å². The van der Waals surface area contributed by atoms with Crippen molar-refractivity contribution in [3.05, 3.63) is 70.0 Å². The Hall–Kier alpha value is -3.66. The van der Waals surface area contributed by atoms with E-state index in [0.717, 1.165) is 18.8 Å². The van der Waals surface area contributed by atoms with E-state index in [1.807, 2.05) is 19.9 Å². The van der Waals surface area contributed by atoms with Gasteiger partial charge in [-0.25, -0.2) is 0 Å². The predicted molar refractivity (Wildman–Crippen MR) is 129 cm³/mol. The summed E-state index contributed by atoms with van der Waals surface area (Å²) in [5, 5.41) is 2.70. The van der Waals surface area contributed by atoms with Crippen molar-refractivity contribution in [2.24, 2.45) is 7.05 Å². The fraction of sp³-hybridized carbons (Fsp3) is 0.360. The fourth-order valence-corrected chi connectivity index (χ4v) is 4.03. The summed E-state index contributed by atoms with van der Waals surface area (Å²) in [6.07, 6.45) is 2.66. The first kappa shape index (κ1) is 24.5. The van der Waals surface area contributed by atoms with Gasteiger partial charge < -0.3 is 15.0 Å². The first-order valence-corrected chi connectivity index (χ1v) is 11.2. The molecule has 184 valence electrons. The number of ether oxygens (including phenoxy) is 1. The molecule has 0 aliphatic carbocycles. The number of hydrogen-bond donors (Lipinski definition) is 1. The Morgan fingerprint density at radius 3 is 2.71 bits per heavy atom. The van der Waals surface area contributed by atoms with Crippen molar-refractivity contribution in [3.8, 4) is 11.1 Å². The van der Waals surface area contributed by atoms with Crippen molar-refractivity contribution in [2.45, 2.75) is 32.7 Å². The number of halogens is 2. The molecule has 4 rings (SSSR count). The summed E-state index contributed by atoms with van der Waals surface area (Å²) in [5.41, 5.74) is 1.79. The van der Waals surface area contributed by atoms with Crippen LogP contribution in [0.4, 0.5) is 20.3 Å². The summed E-state index contributed by atoms with van der Waals surface area (Å²) < 4.78 is 34.4. The van der Waals surface area contributed by atoms with Crippen molar-refractivity contribution in [2.75, 3.05) is 30.0 Å². The number of pyridine rings is 3. The highest BCUT2D eigenvalue weighted by Crippen LogP contribution is 2.29. The molecule has 1 N–H and O–H groups in total. The highest BCUT2D eigenvalue weighted by molar-refractivity contribution is 6.04. The van der Waals surface area contributed by atoms with Gasteiger partial charge in [-0.2, -0.15) is 8.78 Å². The summed E-state index contributed by atoms with van der Waals surface area (Å²) >= 11 is 0. The number of hydrogen-bond acceptors (Lipinski definition) is 6. The van der Waals surface area contributed by atoms with Crippen LogP contribution in [0.25, 0.3) is 11.1 Å². The standard InChI is InChI=1S/C25H27F2N5O3/c1-15-14-35-8-7-32(15)22-10-18(11-23(33)31(22)4)20-12-19(13-29-16(20)2)30-24(34)17-5-6-28-21(9-17)25(3,26)27/h5-6,9-13,15H,7-8,14H2,1-4H3,(H,30,34)/t15-/m0/s1. The highest BCUT2D eigenvalue weighted by atomic mass is 19.3. The van der Waals surface area contributed by atoms with E-state index in [9.17, 15) is 18.4 Å². The molecule has 3 aromatic heterocycles. The molecule has 3 aromatic rings. The van der Waals surface area contributed by atoms with Gasteiger partial charge in [-0.1, -0.05) is 0 Å². The second-order valence-corrected chi connectivity index (χ2v) is 8.75. The molecule has 0 aromatic carbocycles. The summed E-state index contributed by atoms with van der Waals surface area (Å²) in [6, 6.07) is 7.71. The lowest BCUT2D eigenvalue weighted by Crippen LogP contribution is -2.45. The van der Waals surface area contributed by atoms with Crippen LogP contribution in [0.5, 0.6) is 0 Å². The van der Waals surface area contributed by atoms with Crippen LogP contribution in [-0.4, -0.2) is 46.2 Å². The molecule has 0 radical (unpaired) electrons. The van der Waals surface area contributed by atoms with Gasteiger partial charge in [-0.15, -0.1) is 0 Å². The van der Waals surface area contributed by atoms with Crippen molar-refractivity contribution < 1.29 is 18.3 Å². The van der Waals surface area contributed by atoms with E-state index < -0.39 is 17.5 Å². The lowest BCUT2D eigenvalue weighted by atomic mass is 10.0. The first-order chi connectivity index (χ1) is 16.5. The molecule has 1 atom stereocenters. The molecular formula is C25H27F2N5O3. The average Bonchev–Trinajstić information content (AvgIpc) is 2.82. The maximum absolute atomic E-state index is 13.6. The zero-order chi connectivity index (χ0) is 25.3. The quantitative estimate of drug-likeness (QED) is 0.595. The Labute approximate surface area is 201 Å². The molecule has 1 saturated heterocycles. The molecule has 1 amide bonds. The van der Waals surface area contributed by atoms with Gasteiger partial charge in [0.05, 0.1) is 31.1 Å². The van der Waals surface area contributed by atoms with Crippen molar-refractivity contribution in [1.82, 2.24) is 14.5 Å². The molecule has 0 saturated carbocycles. The molecule has 1 aliphatic rings. The molecule has 1 fully saturated rings. The Bertz CT molecular complexity index is 1320. The van der Waals surface area contributed by atoms with Gasteiger partial charge in [0, 0.05) is 49.6 Å². The molecule has 0 spiro atoms. The summed E-state index contributed by atoms with van der Waals surface area (Å²) in [5.74, 6) is -2.97. The Balaban J connectivity index is 1.67. The molecular weight excluding hydrogens is 456 g/mol. The monoisotopic (exact) mass is 483 g/mol. The van der Waals surface area contributed by atoms with Crippen LogP contribution in [0, 0.1) is 6.92 Å². The zero-order valence-electron chi connectivity index (χ0n) is 20.0. The van der Waals surface area contributed by atoms with Gasteiger partial charge in [0.15, 0.2) is 0 Å². The number of nitrogens with zero attached hydrogens (tertiary/aromatic N) is 4. The number of alkyl halides is 2. The molecule has 0 bridgehead atoms. The van der Waals surface area contributed by atoms with E-state index in [1.165, 1.54) is 24.5 Å². The van der Waals surface area contributed by atoms with Gasteiger partial charge in [-0.05, 0) is 43.7 Å². The predicted octanol–water partition coefficient (Wildman–Crippen LogP) is 3.74. The maximum Gasteiger partial charge on any atom is 0.286 e. The second-order valence-electron chi connectivity index (χ2n) is 8.75. The first-order valence-electron chi connectivity index (χ1n) is 11.2. The van der Waals surface area contributed by atoms with E-state index in [2.05, 4.69) is 20.2 Å². The molecule has 10 heteroatoms. The van der Waals surface area contributed by atoms with Crippen LogP contribution >= 0.6 is 0 Å². The Morgan fingerprint density at radius 1 is 1.23 bits per heavy atom. The average molecular weight is 484 g/mol. The third-order valence-corrected chi connectivity index (χ3v) is 6.03. The van der Waals surface area contributed by atoms with E-state index in [1.54, 1.807) is 17.7 Å². The molecule has 0 unspecified atom stereocenters. The Morgan fingerprint density at radius 2 is 2.00 bits per heavy atom. The number of carbonyl (C=O) groups excluding carboxylic acids is 1. The van der Waals surface area contributed by atoms with Crippen LogP contribution in [0.3, 0.4) is 0 Å². The summed E-state index contributed by atoms with van der Waals surface area (Å²) in [7, 11) is 1.73. The normalized spacial score (nSPS) is 16.3. The number of rotatable bonds is 5. The van der Waals surface area contributed by atoms with E-state index >= 15 is 0 Å². The van der Waals surface area contributed by atoms with Crippen molar-refractivity contribution >= 4 is 17.4 Å². The number of amides is 1. The zero-order valence-corrected chi connectivity index (χ0v) is 20.0. The van der Waals surface area contributed by atoms with E-state index in [-0.39, 0.29) is 17.2 Å². The van der Waals surface area contributed by atoms with Crippen LogP contribution in [0.1, 0.15) is 35.6 Å². The van der Waals surface area contributed by atoms with Crippen LogP contribution in [0.15, 0.2) is 47.5 Å². The van der Waals surface area contributed by atoms with E-state index in [0.29, 0.717) is 42.3 Å². The smallest absolute Gasteiger partial charge is 0.286 e. The fourth-order valence-electron chi connectivity index (χ4n) is 4.03. The molecule has 4 heterocycles. The SMILES string of the molecule is Cc1ncc(NC(=O)c2ccnc(C(C)(F)F)c2)cc1-c1cc(N2CCOC[C@@H]2C)n(C)c(=O)c1. The minimum atomic E-state index is -3.16.